The van der Waals surface area contributed by atoms with Crippen molar-refractivity contribution in [2.45, 2.75) is 77.0 Å². The van der Waals surface area contributed by atoms with Gasteiger partial charge in [-0.15, -0.1) is 0 Å². The number of rotatable bonds is 12. The molecule has 1 aromatic carbocycles. The zero-order chi connectivity index (χ0) is 18.6. The minimum Gasteiger partial charge on any atom is -0.481 e. The lowest BCUT2D eigenvalue weighted by Gasteiger charge is -2.10. The van der Waals surface area contributed by atoms with Crippen molar-refractivity contribution in [1.82, 2.24) is 0 Å². The first-order valence-electron chi connectivity index (χ1n) is 10.0. The summed E-state index contributed by atoms with van der Waals surface area (Å²) < 4.78 is 0. The van der Waals surface area contributed by atoms with E-state index in [-0.39, 0.29) is 0 Å². The van der Waals surface area contributed by atoms with E-state index in [1.165, 1.54) is 11.1 Å². The molecule has 0 unspecified atom stereocenters. The second kappa shape index (κ2) is 7.81. The van der Waals surface area contributed by atoms with Crippen molar-refractivity contribution >= 4 is 11.9 Å². The van der Waals surface area contributed by atoms with Gasteiger partial charge in [-0.25, -0.2) is 0 Å². The van der Waals surface area contributed by atoms with Crippen LogP contribution in [0.1, 0.15) is 75.3 Å². The summed E-state index contributed by atoms with van der Waals surface area (Å²) in [7, 11) is 0. The number of carboxylic acid groups (broad SMARTS) is 2. The van der Waals surface area contributed by atoms with E-state index in [9.17, 15) is 19.8 Å². The summed E-state index contributed by atoms with van der Waals surface area (Å²) in [4.78, 5) is 22.4. The van der Waals surface area contributed by atoms with Crippen molar-refractivity contribution in [1.29, 1.82) is 0 Å². The van der Waals surface area contributed by atoms with E-state index in [0.717, 1.165) is 77.0 Å². The molecule has 0 atom stereocenters. The number of aryl methyl sites for hydroxylation is 2. The standard InChI is InChI=1S/C22H30O4/c23-19(24)21(12-13-21)10-3-1-6-17-8-5-9-18(16-17)7-2-4-11-22(14-15-22)20(25)26/h5,8-9,16H,1-4,6-7,10-15H2,(H,23,24)(H,25,26). The first-order chi connectivity index (χ1) is 12.5. The van der Waals surface area contributed by atoms with Crippen LogP contribution in [0.4, 0.5) is 0 Å². The Kier molecular flexibility index (Phi) is 5.69. The highest BCUT2D eigenvalue weighted by Crippen LogP contribution is 2.50. The molecule has 4 nitrogen and oxygen atoms in total. The second-order valence-electron chi connectivity index (χ2n) is 8.41. The van der Waals surface area contributed by atoms with E-state index in [2.05, 4.69) is 24.3 Å². The van der Waals surface area contributed by atoms with E-state index >= 15 is 0 Å². The SMILES string of the molecule is O=C(O)C1(CCCCc2cccc(CCCCC3(C(=O)O)CC3)c2)CC1. The summed E-state index contributed by atoms with van der Waals surface area (Å²) in [5, 5.41) is 18.4. The maximum Gasteiger partial charge on any atom is 0.309 e. The third-order valence-electron chi connectivity index (χ3n) is 6.35. The number of carboxylic acids is 2. The molecule has 2 N–H and O–H groups in total. The van der Waals surface area contributed by atoms with Gasteiger partial charge in [-0.05, 0) is 75.3 Å². The lowest BCUT2D eigenvalue weighted by Crippen LogP contribution is -2.14. The van der Waals surface area contributed by atoms with Crippen LogP contribution in [0.15, 0.2) is 24.3 Å². The molecule has 3 rings (SSSR count). The molecule has 26 heavy (non-hydrogen) atoms. The Morgan fingerprint density at radius 1 is 0.769 bits per heavy atom. The number of benzene rings is 1. The Labute approximate surface area is 155 Å². The van der Waals surface area contributed by atoms with Gasteiger partial charge in [-0.2, -0.15) is 0 Å². The first kappa shape index (κ1) is 18.9. The van der Waals surface area contributed by atoms with Crippen molar-refractivity contribution in [2.24, 2.45) is 10.8 Å². The Morgan fingerprint density at radius 3 is 1.54 bits per heavy atom. The van der Waals surface area contributed by atoms with Gasteiger partial charge in [0.25, 0.3) is 0 Å². The molecule has 2 fully saturated rings. The lowest BCUT2D eigenvalue weighted by atomic mass is 9.95. The topological polar surface area (TPSA) is 74.6 Å². The van der Waals surface area contributed by atoms with Crippen LogP contribution in [-0.2, 0) is 22.4 Å². The van der Waals surface area contributed by atoms with Gasteiger partial charge >= 0.3 is 11.9 Å². The molecule has 0 bridgehead atoms. The van der Waals surface area contributed by atoms with Crippen LogP contribution in [0.2, 0.25) is 0 Å². The molecular weight excluding hydrogens is 328 g/mol. The van der Waals surface area contributed by atoms with Gasteiger partial charge in [0.2, 0.25) is 0 Å². The molecule has 1 aromatic rings. The molecule has 0 radical (unpaired) electrons. The highest BCUT2D eigenvalue weighted by molar-refractivity contribution is 5.78. The second-order valence-corrected chi connectivity index (χ2v) is 8.41. The van der Waals surface area contributed by atoms with Crippen LogP contribution < -0.4 is 0 Å². The zero-order valence-corrected chi connectivity index (χ0v) is 15.5. The van der Waals surface area contributed by atoms with Crippen LogP contribution in [0.25, 0.3) is 0 Å². The minimum absolute atomic E-state index is 0.392. The van der Waals surface area contributed by atoms with Crippen molar-refractivity contribution in [3.63, 3.8) is 0 Å². The molecule has 4 heteroatoms. The summed E-state index contributed by atoms with van der Waals surface area (Å²) in [5.74, 6) is -1.23. The molecule has 2 saturated carbocycles. The maximum absolute atomic E-state index is 11.2. The van der Waals surface area contributed by atoms with Gasteiger partial charge in [-0.3, -0.25) is 9.59 Å². The van der Waals surface area contributed by atoms with E-state index in [4.69, 9.17) is 0 Å². The zero-order valence-electron chi connectivity index (χ0n) is 15.5. The molecule has 142 valence electrons. The fourth-order valence-electron chi connectivity index (χ4n) is 3.97. The van der Waals surface area contributed by atoms with E-state index in [1.54, 1.807) is 0 Å². The molecular formula is C22H30O4. The number of aliphatic carboxylic acids is 2. The van der Waals surface area contributed by atoms with Gasteiger partial charge < -0.3 is 10.2 Å². The molecule has 2 aliphatic carbocycles. The summed E-state index contributed by atoms with van der Waals surface area (Å²) in [6, 6.07) is 8.66. The summed E-state index contributed by atoms with van der Waals surface area (Å²) >= 11 is 0. The predicted octanol–water partition coefficient (Wildman–Crippen LogP) is 4.84. The Hall–Kier alpha value is -1.84. The van der Waals surface area contributed by atoms with Gasteiger partial charge in [0.1, 0.15) is 0 Å². The molecule has 0 heterocycles. The molecule has 0 aromatic heterocycles. The van der Waals surface area contributed by atoms with Crippen LogP contribution in [0.3, 0.4) is 0 Å². The van der Waals surface area contributed by atoms with Crippen molar-refractivity contribution in [2.75, 3.05) is 0 Å². The van der Waals surface area contributed by atoms with Crippen LogP contribution in [-0.4, -0.2) is 22.2 Å². The summed E-state index contributed by atoms with van der Waals surface area (Å²) in [6.45, 7) is 0. The highest BCUT2D eigenvalue weighted by atomic mass is 16.4. The smallest absolute Gasteiger partial charge is 0.309 e. The normalized spacial score (nSPS) is 19.1. The number of hydrogen-bond donors (Lipinski definition) is 2. The quantitative estimate of drug-likeness (QED) is 0.524. The first-order valence-corrected chi connectivity index (χ1v) is 10.0. The molecule has 2 aliphatic rings. The monoisotopic (exact) mass is 358 g/mol. The maximum atomic E-state index is 11.2. The summed E-state index contributed by atoms with van der Waals surface area (Å²) in [5.41, 5.74) is 1.87. The predicted molar refractivity (Wildman–Crippen MR) is 100 cm³/mol. The van der Waals surface area contributed by atoms with Crippen LogP contribution in [0.5, 0.6) is 0 Å². The van der Waals surface area contributed by atoms with Crippen molar-refractivity contribution < 1.29 is 19.8 Å². The Bertz CT molecular complexity index is 603. The third-order valence-corrected chi connectivity index (χ3v) is 6.35. The van der Waals surface area contributed by atoms with Gasteiger partial charge in [-0.1, -0.05) is 37.1 Å². The van der Waals surface area contributed by atoms with E-state index < -0.39 is 22.8 Å². The van der Waals surface area contributed by atoms with Crippen molar-refractivity contribution in [3.8, 4) is 0 Å². The fraction of sp³-hybridized carbons (Fsp3) is 0.636. The third kappa shape index (κ3) is 4.66. The largest absolute Gasteiger partial charge is 0.481 e. The molecule has 0 saturated heterocycles. The van der Waals surface area contributed by atoms with E-state index in [1.807, 2.05) is 0 Å². The highest BCUT2D eigenvalue weighted by Gasteiger charge is 2.49. The van der Waals surface area contributed by atoms with Crippen LogP contribution in [0, 0.1) is 10.8 Å². The molecule has 0 spiro atoms. The van der Waals surface area contributed by atoms with Crippen LogP contribution >= 0.6 is 0 Å². The molecule has 0 amide bonds. The fourth-order valence-corrected chi connectivity index (χ4v) is 3.97. The number of hydrogen-bond acceptors (Lipinski definition) is 2. The van der Waals surface area contributed by atoms with E-state index in [0.29, 0.717) is 0 Å². The average molecular weight is 358 g/mol. The van der Waals surface area contributed by atoms with Crippen molar-refractivity contribution in [3.05, 3.63) is 35.4 Å². The average Bonchev–Trinajstić information content (AvgIpc) is 3.52. The van der Waals surface area contributed by atoms with Gasteiger partial charge in [0, 0.05) is 0 Å². The lowest BCUT2D eigenvalue weighted by molar-refractivity contribution is -0.144. The van der Waals surface area contributed by atoms with Gasteiger partial charge in [0.05, 0.1) is 10.8 Å². The summed E-state index contributed by atoms with van der Waals surface area (Å²) in [6.07, 6.45) is 11.1. The molecule has 0 aliphatic heterocycles. The Balaban J connectivity index is 1.35. The number of carbonyl (C=O) groups is 2. The Morgan fingerprint density at radius 2 is 1.19 bits per heavy atom. The van der Waals surface area contributed by atoms with Gasteiger partial charge in [0.15, 0.2) is 0 Å². The number of unbranched alkanes of at least 4 members (excludes halogenated alkanes) is 2. The minimum atomic E-state index is -0.615.